The second-order valence-electron chi connectivity index (χ2n) is 4.72. The molecule has 3 nitrogen and oxygen atoms in total. The largest absolute Gasteiger partial charge is 0.495 e. The molecule has 0 radical (unpaired) electrons. The normalized spacial score (nSPS) is 27.5. The lowest BCUT2D eigenvalue weighted by Gasteiger charge is -2.36. The first-order valence-corrected chi connectivity index (χ1v) is 5.99. The lowest BCUT2D eigenvalue weighted by atomic mass is 9.94. The van der Waals surface area contributed by atoms with Crippen LogP contribution in [-0.2, 0) is 6.42 Å². The van der Waals surface area contributed by atoms with Crippen molar-refractivity contribution in [3.05, 3.63) is 23.8 Å². The maximum atomic E-state index is 6.16. The number of anilines is 1. The first-order valence-electron chi connectivity index (χ1n) is 5.99. The quantitative estimate of drug-likeness (QED) is 0.777. The van der Waals surface area contributed by atoms with Crippen molar-refractivity contribution in [2.45, 2.75) is 31.3 Å². The summed E-state index contributed by atoms with van der Waals surface area (Å²) in [4.78, 5) is 2.45. The number of hydrogen-bond donors (Lipinski definition) is 1. The fourth-order valence-corrected chi connectivity index (χ4v) is 3.09. The van der Waals surface area contributed by atoms with Gasteiger partial charge in [-0.15, -0.1) is 0 Å². The average molecular weight is 218 g/mol. The number of ether oxygens (including phenoxy) is 1. The van der Waals surface area contributed by atoms with Crippen molar-refractivity contribution < 1.29 is 4.74 Å². The molecule has 0 spiro atoms. The van der Waals surface area contributed by atoms with Crippen LogP contribution in [0.15, 0.2) is 18.2 Å². The highest BCUT2D eigenvalue weighted by atomic mass is 16.5. The van der Waals surface area contributed by atoms with Crippen LogP contribution in [0.25, 0.3) is 0 Å². The summed E-state index contributed by atoms with van der Waals surface area (Å²) < 4.78 is 5.47. The van der Waals surface area contributed by atoms with Crippen molar-refractivity contribution in [2.24, 2.45) is 5.73 Å². The van der Waals surface area contributed by atoms with Crippen LogP contribution < -0.4 is 15.4 Å². The predicted molar refractivity (Wildman–Crippen MR) is 65.0 cm³/mol. The first kappa shape index (κ1) is 9.97. The van der Waals surface area contributed by atoms with Gasteiger partial charge in [0.1, 0.15) is 5.75 Å². The summed E-state index contributed by atoms with van der Waals surface area (Å²) in [6.45, 7) is 1.07. The van der Waals surface area contributed by atoms with Gasteiger partial charge in [0.25, 0.3) is 0 Å². The minimum absolute atomic E-state index is 0.332. The van der Waals surface area contributed by atoms with Gasteiger partial charge in [-0.25, -0.2) is 0 Å². The highest BCUT2D eigenvalue weighted by Crippen LogP contribution is 2.41. The fraction of sp³-hybridized carbons (Fsp3) is 0.538. The third-order valence-corrected chi connectivity index (χ3v) is 3.90. The number of rotatable bonds is 1. The molecule has 16 heavy (non-hydrogen) atoms. The topological polar surface area (TPSA) is 38.5 Å². The third-order valence-electron chi connectivity index (χ3n) is 3.90. The van der Waals surface area contributed by atoms with E-state index in [9.17, 15) is 0 Å². The number of fused-ring (bicyclic) bond motifs is 3. The number of methoxy groups -OCH3 is 1. The van der Waals surface area contributed by atoms with Crippen molar-refractivity contribution in [1.82, 2.24) is 0 Å². The third kappa shape index (κ3) is 1.31. The molecule has 1 aromatic rings. The molecule has 2 aliphatic rings. The molecule has 0 amide bonds. The lowest BCUT2D eigenvalue weighted by Crippen LogP contribution is -2.42. The van der Waals surface area contributed by atoms with Crippen LogP contribution in [0.1, 0.15) is 18.4 Å². The van der Waals surface area contributed by atoms with E-state index >= 15 is 0 Å². The van der Waals surface area contributed by atoms with Crippen molar-refractivity contribution >= 4 is 5.69 Å². The van der Waals surface area contributed by atoms with Crippen molar-refractivity contribution in [2.75, 3.05) is 18.6 Å². The van der Waals surface area contributed by atoms with E-state index in [0.717, 1.165) is 25.1 Å². The van der Waals surface area contributed by atoms with Crippen molar-refractivity contribution in [3.63, 3.8) is 0 Å². The number of benzene rings is 1. The van der Waals surface area contributed by atoms with Gasteiger partial charge in [-0.05, 0) is 30.9 Å². The maximum absolute atomic E-state index is 6.16. The van der Waals surface area contributed by atoms with Crippen LogP contribution in [0.5, 0.6) is 5.75 Å². The molecular weight excluding hydrogens is 200 g/mol. The summed E-state index contributed by atoms with van der Waals surface area (Å²) in [5.41, 5.74) is 8.85. The summed E-state index contributed by atoms with van der Waals surface area (Å²) in [5.74, 6) is 0.997. The predicted octanol–water partition coefficient (Wildman–Crippen LogP) is 1.55. The minimum Gasteiger partial charge on any atom is -0.495 e. The van der Waals surface area contributed by atoms with E-state index in [2.05, 4.69) is 17.0 Å². The molecule has 1 fully saturated rings. The highest BCUT2D eigenvalue weighted by Gasteiger charge is 2.36. The molecule has 2 N–H and O–H groups in total. The number of nitrogens with zero attached hydrogens (tertiary/aromatic N) is 1. The van der Waals surface area contributed by atoms with Crippen LogP contribution in [0.4, 0.5) is 5.69 Å². The summed E-state index contributed by atoms with van der Waals surface area (Å²) >= 11 is 0. The molecule has 0 aromatic heterocycles. The summed E-state index contributed by atoms with van der Waals surface area (Å²) in [6.07, 6.45) is 3.41. The summed E-state index contributed by atoms with van der Waals surface area (Å²) in [5, 5.41) is 0. The Morgan fingerprint density at radius 1 is 1.38 bits per heavy atom. The van der Waals surface area contributed by atoms with Crippen LogP contribution in [0.2, 0.25) is 0 Å². The van der Waals surface area contributed by atoms with E-state index in [0.29, 0.717) is 12.1 Å². The first-order chi connectivity index (χ1) is 7.81. The highest BCUT2D eigenvalue weighted by molar-refractivity contribution is 5.67. The van der Waals surface area contributed by atoms with Gasteiger partial charge in [-0.2, -0.15) is 0 Å². The molecule has 2 atom stereocenters. The smallest absolute Gasteiger partial charge is 0.142 e. The number of hydrogen-bond acceptors (Lipinski definition) is 3. The lowest BCUT2D eigenvalue weighted by molar-refractivity contribution is 0.409. The Labute approximate surface area is 96.2 Å². The monoisotopic (exact) mass is 218 g/mol. The number of nitrogens with two attached hydrogens (primary N) is 1. The SMILES string of the molecule is COc1cccc2c1N1CCC(N)C1CC2. The van der Waals surface area contributed by atoms with Gasteiger partial charge in [0.15, 0.2) is 0 Å². The molecule has 0 bridgehead atoms. The van der Waals surface area contributed by atoms with Crippen LogP contribution in [0.3, 0.4) is 0 Å². The molecule has 2 unspecified atom stereocenters. The van der Waals surface area contributed by atoms with Gasteiger partial charge in [-0.1, -0.05) is 12.1 Å². The molecule has 2 aliphatic heterocycles. The molecule has 0 saturated carbocycles. The van der Waals surface area contributed by atoms with Gasteiger partial charge in [0.2, 0.25) is 0 Å². The standard InChI is InChI=1S/C13H18N2O/c1-16-12-4-2-3-9-5-6-11-10(14)7-8-15(11)13(9)12/h2-4,10-11H,5-8,14H2,1H3. The zero-order valence-electron chi connectivity index (χ0n) is 9.65. The van der Waals surface area contributed by atoms with E-state index < -0.39 is 0 Å². The van der Waals surface area contributed by atoms with E-state index in [4.69, 9.17) is 10.5 Å². The molecule has 3 rings (SSSR count). The number of aryl methyl sites for hydroxylation is 1. The second-order valence-corrected chi connectivity index (χ2v) is 4.72. The van der Waals surface area contributed by atoms with Gasteiger partial charge in [0, 0.05) is 18.6 Å². The molecular formula is C13H18N2O. The molecule has 1 aromatic carbocycles. The van der Waals surface area contributed by atoms with E-state index in [1.54, 1.807) is 7.11 Å². The van der Waals surface area contributed by atoms with E-state index in [-0.39, 0.29) is 0 Å². The van der Waals surface area contributed by atoms with Gasteiger partial charge in [-0.3, -0.25) is 0 Å². The Morgan fingerprint density at radius 3 is 3.06 bits per heavy atom. The van der Waals surface area contributed by atoms with E-state index in [1.807, 2.05) is 6.07 Å². The maximum Gasteiger partial charge on any atom is 0.142 e. The Morgan fingerprint density at radius 2 is 2.25 bits per heavy atom. The zero-order valence-corrected chi connectivity index (χ0v) is 9.65. The fourth-order valence-electron chi connectivity index (χ4n) is 3.09. The Kier molecular flexibility index (Phi) is 2.28. The van der Waals surface area contributed by atoms with Gasteiger partial charge < -0.3 is 15.4 Å². The van der Waals surface area contributed by atoms with Gasteiger partial charge >= 0.3 is 0 Å². The van der Waals surface area contributed by atoms with Crippen LogP contribution in [-0.4, -0.2) is 25.7 Å². The molecule has 1 saturated heterocycles. The minimum atomic E-state index is 0.332. The molecule has 3 heteroatoms. The van der Waals surface area contributed by atoms with E-state index in [1.165, 1.54) is 17.7 Å². The van der Waals surface area contributed by atoms with Crippen LogP contribution in [0, 0.1) is 0 Å². The average Bonchev–Trinajstić information content (AvgIpc) is 2.70. The molecule has 2 heterocycles. The van der Waals surface area contributed by atoms with Gasteiger partial charge in [0.05, 0.1) is 12.8 Å². The van der Waals surface area contributed by atoms with Crippen LogP contribution >= 0.6 is 0 Å². The Bertz CT molecular complexity index is 391. The van der Waals surface area contributed by atoms with Crippen molar-refractivity contribution in [3.8, 4) is 5.75 Å². The zero-order chi connectivity index (χ0) is 11.1. The molecule has 86 valence electrons. The number of para-hydroxylation sites is 1. The Hall–Kier alpha value is -1.22. The van der Waals surface area contributed by atoms with Crippen molar-refractivity contribution in [1.29, 1.82) is 0 Å². The Balaban J connectivity index is 2.07. The summed E-state index contributed by atoms with van der Waals surface area (Å²) in [7, 11) is 1.75. The summed E-state index contributed by atoms with van der Waals surface area (Å²) in [6, 6.07) is 7.18. The second kappa shape index (κ2) is 3.67. The molecule has 0 aliphatic carbocycles.